The van der Waals surface area contributed by atoms with Crippen LogP contribution in [-0.4, -0.2) is 13.2 Å². The number of ether oxygens (including phenoxy) is 1. The molecule has 1 heterocycles. The average molecular weight is 219 g/mol. The van der Waals surface area contributed by atoms with Crippen molar-refractivity contribution in [2.45, 2.75) is 46.2 Å². The summed E-state index contributed by atoms with van der Waals surface area (Å²) in [5, 5.41) is 3.56. The summed E-state index contributed by atoms with van der Waals surface area (Å²) in [6.45, 7) is 8.75. The molecular formula is C14H21NO. The van der Waals surface area contributed by atoms with Crippen molar-refractivity contribution < 1.29 is 4.74 Å². The molecule has 2 atom stereocenters. The summed E-state index contributed by atoms with van der Waals surface area (Å²) in [6.07, 6.45) is 1.24. The van der Waals surface area contributed by atoms with Gasteiger partial charge in [-0.05, 0) is 62.4 Å². The highest BCUT2D eigenvalue weighted by Crippen LogP contribution is 2.36. The van der Waals surface area contributed by atoms with Gasteiger partial charge in [-0.1, -0.05) is 0 Å². The molecule has 1 aromatic rings. The van der Waals surface area contributed by atoms with E-state index in [1.54, 1.807) is 7.11 Å². The number of aryl methyl sites for hydroxylation is 1. The summed E-state index contributed by atoms with van der Waals surface area (Å²) in [7, 11) is 1.74. The van der Waals surface area contributed by atoms with Crippen LogP contribution in [0.3, 0.4) is 0 Å². The number of benzene rings is 1. The first kappa shape index (κ1) is 11.5. The molecule has 1 aromatic carbocycles. The fourth-order valence-corrected chi connectivity index (χ4v) is 2.69. The van der Waals surface area contributed by atoms with Crippen molar-refractivity contribution in [3.05, 3.63) is 28.3 Å². The molecule has 0 bridgehead atoms. The third kappa shape index (κ3) is 1.71. The molecule has 1 fully saturated rings. The molecule has 0 radical (unpaired) electrons. The quantitative estimate of drug-likeness (QED) is 0.825. The molecule has 1 aliphatic rings. The Morgan fingerprint density at radius 1 is 1.25 bits per heavy atom. The smallest absolute Gasteiger partial charge is 0.122 e. The lowest BCUT2D eigenvalue weighted by molar-refractivity contribution is 0.285. The zero-order valence-electron chi connectivity index (χ0n) is 10.8. The molecule has 2 unspecified atom stereocenters. The van der Waals surface area contributed by atoms with Gasteiger partial charge in [0.1, 0.15) is 5.75 Å². The maximum absolute atomic E-state index is 5.39. The highest BCUT2D eigenvalue weighted by molar-refractivity contribution is 5.49. The molecule has 16 heavy (non-hydrogen) atoms. The summed E-state index contributed by atoms with van der Waals surface area (Å²) in [4.78, 5) is 0. The topological polar surface area (TPSA) is 21.3 Å². The van der Waals surface area contributed by atoms with Crippen molar-refractivity contribution in [3.63, 3.8) is 0 Å². The van der Waals surface area contributed by atoms with Crippen LogP contribution in [0, 0.1) is 20.8 Å². The van der Waals surface area contributed by atoms with Gasteiger partial charge in [0.05, 0.1) is 7.11 Å². The second-order valence-electron chi connectivity index (χ2n) is 4.92. The van der Waals surface area contributed by atoms with Crippen molar-refractivity contribution in [2.24, 2.45) is 0 Å². The molecular weight excluding hydrogens is 198 g/mol. The molecule has 1 saturated heterocycles. The number of hydrogen-bond acceptors (Lipinski definition) is 2. The Balaban J connectivity index is 2.42. The van der Waals surface area contributed by atoms with E-state index in [1.807, 2.05) is 0 Å². The van der Waals surface area contributed by atoms with Crippen molar-refractivity contribution in [1.29, 1.82) is 0 Å². The number of rotatable bonds is 2. The van der Waals surface area contributed by atoms with Gasteiger partial charge in [0.25, 0.3) is 0 Å². The normalized spacial score (nSPS) is 24.1. The molecule has 1 N–H and O–H groups in total. The highest BCUT2D eigenvalue weighted by atomic mass is 16.5. The zero-order valence-corrected chi connectivity index (χ0v) is 10.8. The van der Waals surface area contributed by atoms with Crippen molar-refractivity contribution in [1.82, 2.24) is 5.32 Å². The first-order valence-electron chi connectivity index (χ1n) is 5.95. The van der Waals surface area contributed by atoms with Gasteiger partial charge < -0.3 is 10.1 Å². The van der Waals surface area contributed by atoms with E-state index >= 15 is 0 Å². The van der Waals surface area contributed by atoms with E-state index < -0.39 is 0 Å². The third-order valence-electron chi connectivity index (χ3n) is 3.75. The van der Waals surface area contributed by atoms with Gasteiger partial charge in [-0.15, -0.1) is 0 Å². The summed E-state index contributed by atoms with van der Waals surface area (Å²) < 4.78 is 5.39. The minimum absolute atomic E-state index is 0.541. The third-order valence-corrected chi connectivity index (χ3v) is 3.75. The Kier molecular flexibility index (Phi) is 2.94. The maximum Gasteiger partial charge on any atom is 0.122 e. The van der Waals surface area contributed by atoms with E-state index in [1.165, 1.54) is 28.7 Å². The molecule has 2 heteroatoms. The Labute approximate surface area is 98.0 Å². The summed E-state index contributed by atoms with van der Waals surface area (Å²) in [5.41, 5.74) is 5.45. The maximum atomic E-state index is 5.39. The average Bonchev–Trinajstić information content (AvgIpc) is 2.21. The van der Waals surface area contributed by atoms with Crippen LogP contribution in [0.2, 0.25) is 0 Å². The van der Waals surface area contributed by atoms with Gasteiger partial charge in [-0.3, -0.25) is 0 Å². The van der Waals surface area contributed by atoms with Crippen LogP contribution >= 0.6 is 0 Å². The largest absolute Gasteiger partial charge is 0.496 e. The van der Waals surface area contributed by atoms with Gasteiger partial charge in [0, 0.05) is 12.1 Å². The SMILES string of the molecule is COc1cc(C)c(C2CC(C)N2)c(C)c1C. The van der Waals surface area contributed by atoms with E-state index in [2.05, 4.69) is 39.1 Å². The molecule has 0 saturated carbocycles. The van der Waals surface area contributed by atoms with E-state index in [0.29, 0.717) is 12.1 Å². The standard InChI is InChI=1S/C14H21NO/c1-8-6-13(16-5)10(3)11(4)14(8)12-7-9(2)15-12/h6,9,12,15H,7H2,1-5H3. The second-order valence-corrected chi connectivity index (χ2v) is 4.92. The molecule has 1 aliphatic heterocycles. The van der Waals surface area contributed by atoms with Crippen LogP contribution in [0.25, 0.3) is 0 Å². The molecule has 2 rings (SSSR count). The first-order valence-corrected chi connectivity index (χ1v) is 5.95. The molecule has 88 valence electrons. The molecule has 0 aromatic heterocycles. The predicted octanol–water partition coefficient (Wildman–Crippen LogP) is 3.04. The Hall–Kier alpha value is -1.02. The lowest BCUT2D eigenvalue weighted by atomic mass is 9.84. The van der Waals surface area contributed by atoms with Gasteiger partial charge in [-0.2, -0.15) is 0 Å². The van der Waals surface area contributed by atoms with Gasteiger partial charge in [-0.25, -0.2) is 0 Å². The van der Waals surface area contributed by atoms with E-state index in [0.717, 1.165) is 5.75 Å². The Bertz CT molecular complexity index is 406. The lowest BCUT2D eigenvalue weighted by Gasteiger charge is -2.37. The lowest BCUT2D eigenvalue weighted by Crippen LogP contribution is -2.44. The van der Waals surface area contributed by atoms with Crippen LogP contribution in [-0.2, 0) is 0 Å². The van der Waals surface area contributed by atoms with Gasteiger partial charge in [0.15, 0.2) is 0 Å². The van der Waals surface area contributed by atoms with Gasteiger partial charge >= 0.3 is 0 Å². The Morgan fingerprint density at radius 3 is 2.38 bits per heavy atom. The first-order chi connectivity index (χ1) is 7.54. The predicted molar refractivity (Wildman–Crippen MR) is 67.2 cm³/mol. The van der Waals surface area contributed by atoms with Gasteiger partial charge in [0.2, 0.25) is 0 Å². The van der Waals surface area contributed by atoms with Crippen LogP contribution in [0.5, 0.6) is 5.75 Å². The van der Waals surface area contributed by atoms with Crippen molar-refractivity contribution in [2.75, 3.05) is 7.11 Å². The van der Waals surface area contributed by atoms with E-state index in [9.17, 15) is 0 Å². The second kappa shape index (κ2) is 4.10. The zero-order chi connectivity index (χ0) is 11.9. The van der Waals surface area contributed by atoms with Crippen LogP contribution in [0.4, 0.5) is 0 Å². The number of methoxy groups -OCH3 is 1. The fraction of sp³-hybridized carbons (Fsp3) is 0.571. The molecule has 0 spiro atoms. The summed E-state index contributed by atoms with van der Waals surface area (Å²) >= 11 is 0. The van der Waals surface area contributed by atoms with Crippen molar-refractivity contribution in [3.8, 4) is 5.75 Å². The molecule has 2 nitrogen and oxygen atoms in total. The molecule has 0 aliphatic carbocycles. The van der Waals surface area contributed by atoms with E-state index in [-0.39, 0.29) is 0 Å². The summed E-state index contributed by atoms with van der Waals surface area (Å²) in [5.74, 6) is 1.01. The number of nitrogens with one attached hydrogen (secondary N) is 1. The van der Waals surface area contributed by atoms with Crippen molar-refractivity contribution >= 4 is 0 Å². The monoisotopic (exact) mass is 219 g/mol. The Morgan fingerprint density at radius 2 is 1.88 bits per heavy atom. The number of hydrogen-bond donors (Lipinski definition) is 1. The minimum atomic E-state index is 0.541. The van der Waals surface area contributed by atoms with Crippen LogP contribution in [0.15, 0.2) is 6.07 Å². The minimum Gasteiger partial charge on any atom is -0.496 e. The van der Waals surface area contributed by atoms with Crippen LogP contribution < -0.4 is 10.1 Å². The summed E-state index contributed by atoms with van der Waals surface area (Å²) in [6, 6.07) is 3.35. The highest BCUT2D eigenvalue weighted by Gasteiger charge is 2.29. The van der Waals surface area contributed by atoms with Crippen LogP contribution in [0.1, 0.15) is 41.6 Å². The molecule has 0 amide bonds. The van der Waals surface area contributed by atoms with E-state index in [4.69, 9.17) is 4.74 Å². The fourth-order valence-electron chi connectivity index (χ4n) is 2.69.